The highest BCUT2D eigenvalue weighted by molar-refractivity contribution is 5.86. The minimum Gasteiger partial charge on any atom is -0.481 e. The second kappa shape index (κ2) is 10.1. The van der Waals surface area contributed by atoms with Gasteiger partial charge >= 0.3 is 12.1 Å². The number of amides is 2. The number of rotatable bonds is 9. The van der Waals surface area contributed by atoms with E-state index in [1.165, 1.54) is 0 Å². The topological polar surface area (TPSA) is 125 Å². The first-order valence-electron chi connectivity index (χ1n) is 10.1. The molecule has 0 heterocycles. The zero-order chi connectivity index (χ0) is 22.4. The Morgan fingerprint density at radius 3 is 2.13 bits per heavy atom. The van der Waals surface area contributed by atoms with E-state index in [4.69, 9.17) is 14.9 Å². The molecule has 0 radical (unpaired) electrons. The molecule has 0 saturated carbocycles. The molecule has 2 aromatic rings. The van der Waals surface area contributed by atoms with Crippen LogP contribution in [-0.2, 0) is 14.3 Å². The standard InChI is InChI=1S/C23H26N2O6/c1-14(12-26)24-22(29)20(10-11-21(27)28)25-23(30)31-13-19-17-8-4-2-6-15(17)16-7-3-5-9-18(16)19/h2-9,14,19-20,26H,10-13H2,1H3,(H,24,29)(H,25,30)(H,27,28)/t14-,20?/m1/s1. The number of carboxylic acids is 1. The average molecular weight is 426 g/mol. The minimum absolute atomic E-state index is 0.0835. The van der Waals surface area contributed by atoms with Crippen molar-refractivity contribution in [2.45, 2.75) is 37.8 Å². The predicted molar refractivity (Wildman–Crippen MR) is 114 cm³/mol. The molecule has 0 spiro atoms. The van der Waals surface area contributed by atoms with Crippen molar-refractivity contribution < 1.29 is 29.3 Å². The fraction of sp³-hybridized carbons (Fsp3) is 0.348. The van der Waals surface area contributed by atoms with E-state index in [9.17, 15) is 14.4 Å². The number of carbonyl (C=O) groups is 3. The molecular formula is C23H26N2O6. The molecule has 164 valence electrons. The number of carboxylic acid groups (broad SMARTS) is 1. The number of aliphatic hydroxyl groups excluding tert-OH is 1. The fourth-order valence-electron chi connectivity index (χ4n) is 3.71. The molecule has 8 nitrogen and oxygen atoms in total. The van der Waals surface area contributed by atoms with Gasteiger partial charge in [-0.2, -0.15) is 0 Å². The van der Waals surface area contributed by atoms with E-state index in [0.717, 1.165) is 22.3 Å². The Morgan fingerprint density at radius 2 is 1.58 bits per heavy atom. The average Bonchev–Trinajstić information content (AvgIpc) is 3.08. The van der Waals surface area contributed by atoms with Crippen LogP contribution in [0.4, 0.5) is 4.79 Å². The van der Waals surface area contributed by atoms with Gasteiger partial charge in [0.1, 0.15) is 12.6 Å². The van der Waals surface area contributed by atoms with Gasteiger partial charge in [-0.3, -0.25) is 9.59 Å². The van der Waals surface area contributed by atoms with Gasteiger partial charge < -0.3 is 25.6 Å². The van der Waals surface area contributed by atoms with E-state index in [2.05, 4.69) is 10.6 Å². The van der Waals surface area contributed by atoms with Crippen LogP contribution in [-0.4, -0.2) is 53.5 Å². The van der Waals surface area contributed by atoms with Gasteiger partial charge in [-0.05, 0) is 35.6 Å². The Hall–Kier alpha value is -3.39. The van der Waals surface area contributed by atoms with Crippen LogP contribution >= 0.6 is 0 Å². The van der Waals surface area contributed by atoms with Crippen LogP contribution in [0.15, 0.2) is 48.5 Å². The van der Waals surface area contributed by atoms with Gasteiger partial charge in [-0.15, -0.1) is 0 Å². The van der Waals surface area contributed by atoms with Crippen molar-refractivity contribution in [3.05, 3.63) is 59.7 Å². The first kappa shape index (κ1) is 22.3. The number of fused-ring (bicyclic) bond motifs is 3. The molecule has 31 heavy (non-hydrogen) atoms. The van der Waals surface area contributed by atoms with Crippen LogP contribution in [0.1, 0.15) is 36.8 Å². The number of carbonyl (C=O) groups excluding carboxylic acids is 2. The van der Waals surface area contributed by atoms with Gasteiger partial charge in [-0.1, -0.05) is 48.5 Å². The van der Waals surface area contributed by atoms with Gasteiger partial charge in [0.05, 0.1) is 6.61 Å². The SMILES string of the molecule is C[C@H](CO)NC(=O)C(CCC(=O)O)NC(=O)OCC1c2ccccc2-c2ccccc21. The third-order valence-corrected chi connectivity index (χ3v) is 5.26. The first-order valence-corrected chi connectivity index (χ1v) is 10.1. The molecule has 0 bridgehead atoms. The van der Waals surface area contributed by atoms with E-state index >= 15 is 0 Å². The Labute approximate surface area is 180 Å². The third kappa shape index (κ3) is 5.40. The summed E-state index contributed by atoms with van der Waals surface area (Å²) in [7, 11) is 0. The predicted octanol–water partition coefficient (Wildman–Crippen LogP) is 2.26. The summed E-state index contributed by atoms with van der Waals surface area (Å²) in [5, 5.41) is 23.0. The number of aliphatic carboxylic acids is 1. The molecule has 0 aliphatic heterocycles. The quantitative estimate of drug-likeness (QED) is 0.487. The van der Waals surface area contributed by atoms with Crippen LogP contribution in [0.5, 0.6) is 0 Å². The summed E-state index contributed by atoms with van der Waals surface area (Å²) in [6.07, 6.45) is -1.19. The van der Waals surface area contributed by atoms with Crippen LogP contribution in [0.2, 0.25) is 0 Å². The number of nitrogens with one attached hydrogen (secondary N) is 2. The third-order valence-electron chi connectivity index (χ3n) is 5.26. The summed E-state index contributed by atoms with van der Waals surface area (Å²) in [5.41, 5.74) is 4.33. The fourth-order valence-corrected chi connectivity index (χ4v) is 3.71. The lowest BCUT2D eigenvalue weighted by Crippen LogP contribution is -2.50. The molecule has 1 unspecified atom stereocenters. The Kier molecular flexibility index (Phi) is 7.25. The van der Waals surface area contributed by atoms with Crippen LogP contribution in [0.25, 0.3) is 11.1 Å². The van der Waals surface area contributed by atoms with Crippen molar-refractivity contribution >= 4 is 18.0 Å². The zero-order valence-electron chi connectivity index (χ0n) is 17.2. The lowest BCUT2D eigenvalue weighted by atomic mass is 9.98. The lowest BCUT2D eigenvalue weighted by molar-refractivity contribution is -0.137. The van der Waals surface area contributed by atoms with Crippen molar-refractivity contribution in [3.8, 4) is 11.1 Å². The molecular weight excluding hydrogens is 400 g/mol. The summed E-state index contributed by atoms with van der Waals surface area (Å²) in [4.78, 5) is 35.7. The number of hydrogen-bond donors (Lipinski definition) is 4. The molecule has 2 atom stereocenters. The van der Waals surface area contributed by atoms with Crippen molar-refractivity contribution in [2.75, 3.05) is 13.2 Å². The number of aliphatic hydroxyl groups is 1. The maximum absolute atomic E-state index is 12.4. The summed E-state index contributed by atoms with van der Waals surface area (Å²) >= 11 is 0. The largest absolute Gasteiger partial charge is 0.481 e. The van der Waals surface area contributed by atoms with Gasteiger partial charge in [0, 0.05) is 18.4 Å². The zero-order valence-corrected chi connectivity index (χ0v) is 17.2. The Morgan fingerprint density at radius 1 is 1.00 bits per heavy atom. The molecule has 1 aliphatic carbocycles. The smallest absolute Gasteiger partial charge is 0.407 e. The molecule has 2 aromatic carbocycles. The number of ether oxygens (including phenoxy) is 1. The summed E-state index contributed by atoms with van der Waals surface area (Å²) in [6.45, 7) is 1.40. The van der Waals surface area contributed by atoms with E-state index < -0.39 is 30.1 Å². The minimum atomic E-state index is -1.08. The van der Waals surface area contributed by atoms with Gasteiger partial charge in [0.2, 0.25) is 5.91 Å². The molecule has 3 rings (SSSR count). The molecule has 4 N–H and O–H groups in total. The van der Waals surface area contributed by atoms with Crippen molar-refractivity contribution in [1.29, 1.82) is 0 Å². The number of alkyl carbamates (subject to hydrolysis) is 1. The van der Waals surface area contributed by atoms with E-state index in [-0.39, 0.29) is 32.0 Å². The molecule has 1 aliphatic rings. The maximum Gasteiger partial charge on any atom is 0.407 e. The summed E-state index contributed by atoms with van der Waals surface area (Å²) < 4.78 is 5.43. The van der Waals surface area contributed by atoms with Crippen molar-refractivity contribution in [2.24, 2.45) is 0 Å². The first-order chi connectivity index (χ1) is 14.9. The molecule has 0 saturated heterocycles. The van der Waals surface area contributed by atoms with E-state index in [1.54, 1.807) is 6.92 Å². The second-order valence-corrected chi connectivity index (χ2v) is 7.55. The summed E-state index contributed by atoms with van der Waals surface area (Å²) in [5.74, 6) is -1.78. The Bertz CT molecular complexity index is 915. The highest BCUT2D eigenvalue weighted by Crippen LogP contribution is 2.44. The highest BCUT2D eigenvalue weighted by atomic mass is 16.5. The monoisotopic (exact) mass is 426 g/mol. The Balaban J connectivity index is 1.66. The van der Waals surface area contributed by atoms with Gasteiger partial charge in [0.15, 0.2) is 0 Å². The highest BCUT2D eigenvalue weighted by Gasteiger charge is 2.30. The van der Waals surface area contributed by atoms with Crippen LogP contribution < -0.4 is 10.6 Å². The molecule has 8 heteroatoms. The lowest BCUT2D eigenvalue weighted by Gasteiger charge is -2.21. The van der Waals surface area contributed by atoms with E-state index in [0.29, 0.717) is 0 Å². The van der Waals surface area contributed by atoms with Crippen molar-refractivity contribution in [3.63, 3.8) is 0 Å². The van der Waals surface area contributed by atoms with Crippen molar-refractivity contribution in [1.82, 2.24) is 10.6 Å². The van der Waals surface area contributed by atoms with Crippen LogP contribution in [0, 0.1) is 0 Å². The summed E-state index contributed by atoms with van der Waals surface area (Å²) in [6, 6.07) is 14.3. The molecule has 2 amide bonds. The second-order valence-electron chi connectivity index (χ2n) is 7.55. The van der Waals surface area contributed by atoms with E-state index in [1.807, 2.05) is 48.5 Å². The molecule has 0 fully saturated rings. The number of hydrogen-bond acceptors (Lipinski definition) is 5. The van der Waals surface area contributed by atoms with Gasteiger partial charge in [0.25, 0.3) is 0 Å². The van der Waals surface area contributed by atoms with Gasteiger partial charge in [-0.25, -0.2) is 4.79 Å². The normalized spacial score (nSPS) is 14.1. The maximum atomic E-state index is 12.4. The molecule has 0 aromatic heterocycles. The van der Waals surface area contributed by atoms with Crippen LogP contribution in [0.3, 0.4) is 0 Å². The number of benzene rings is 2.